The quantitative estimate of drug-likeness (QED) is 0.817. The smallest absolute Gasteiger partial charge is 0.233 e. The zero-order valence-corrected chi connectivity index (χ0v) is 16.0. The van der Waals surface area contributed by atoms with Gasteiger partial charge >= 0.3 is 0 Å². The molecule has 7 heteroatoms. The van der Waals surface area contributed by atoms with Crippen LogP contribution in [-0.4, -0.2) is 45.1 Å². The van der Waals surface area contributed by atoms with Crippen LogP contribution in [0.25, 0.3) is 5.69 Å². The van der Waals surface area contributed by atoms with Crippen LogP contribution in [0.1, 0.15) is 24.0 Å². The summed E-state index contributed by atoms with van der Waals surface area (Å²) >= 11 is 1.44. The third kappa shape index (κ3) is 3.93. The lowest BCUT2D eigenvalue weighted by atomic mass is 9.96. The molecule has 138 valence electrons. The van der Waals surface area contributed by atoms with E-state index < -0.39 is 0 Å². The number of nitrogens with zero attached hydrogens (tertiary/aromatic N) is 3. The molecule has 1 aliphatic heterocycles. The number of carbonyl (C=O) groups is 2. The number of primary amides is 1. The predicted octanol–water partition coefficient (Wildman–Crippen LogP) is 2.31. The second kappa shape index (κ2) is 7.95. The number of nitrogens with two attached hydrogens (primary N) is 1. The Hall–Kier alpha value is -2.28. The molecule has 2 aromatic rings. The summed E-state index contributed by atoms with van der Waals surface area (Å²) in [6.45, 7) is 5.37. The Morgan fingerprint density at radius 2 is 2.00 bits per heavy atom. The van der Waals surface area contributed by atoms with Crippen molar-refractivity contribution in [3.63, 3.8) is 0 Å². The third-order valence-corrected chi connectivity index (χ3v) is 5.97. The van der Waals surface area contributed by atoms with Gasteiger partial charge in [0.2, 0.25) is 11.8 Å². The first-order valence-electron chi connectivity index (χ1n) is 8.77. The first-order valence-corrected chi connectivity index (χ1v) is 9.75. The number of thioether (sulfide) groups is 1. The van der Waals surface area contributed by atoms with Crippen molar-refractivity contribution in [3.05, 3.63) is 41.7 Å². The van der Waals surface area contributed by atoms with Crippen molar-refractivity contribution in [2.45, 2.75) is 31.8 Å². The lowest BCUT2D eigenvalue weighted by Gasteiger charge is -2.30. The van der Waals surface area contributed by atoms with E-state index in [0.717, 1.165) is 10.8 Å². The van der Waals surface area contributed by atoms with E-state index in [1.54, 1.807) is 6.20 Å². The number of hydrogen-bond donors (Lipinski definition) is 1. The summed E-state index contributed by atoms with van der Waals surface area (Å²) < 4.78 is 2.03. The van der Waals surface area contributed by atoms with Gasteiger partial charge in [0.05, 0.1) is 11.4 Å². The molecule has 6 nitrogen and oxygen atoms in total. The van der Waals surface area contributed by atoms with Crippen molar-refractivity contribution in [1.82, 2.24) is 14.5 Å². The molecule has 0 aliphatic carbocycles. The van der Waals surface area contributed by atoms with Gasteiger partial charge < -0.3 is 10.6 Å². The maximum absolute atomic E-state index is 12.5. The number of imidazole rings is 1. The van der Waals surface area contributed by atoms with Gasteiger partial charge in [0.15, 0.2) is 5.16 Å². The van der Waals surface area contributed by atoms with Gasteiger partial charge in [-0.05, 0) is 43.9 Å². The van der Waals surface area contributed by atoms with E-state index in [1.807, 2.05) is 21.7 Å². The van der Waals surface area contributed by atoms with Crippen LogP contribution in [0.4, 0.5) is 0 Å². The van der Waals surface area contributed by atoms with E-state index in [9.17, 15) is 9.59 Å². The molecule has 2 N–H and O–H groups in total. The molecule has 2 heterocycles. The summed E-state index contributed by atoms with van der Waals surface area (Å²) in [4.78, 5) is 30.0. The van der Waals surface area contributed by atoms with Crippen LogP contribution >= 0.6 is 11.8 Å². The number of likely N-dealkylation sites (tertiary alicyclic amines) is 1. The minimum absolute atomic E-state index is 0.0773. The van der Waals surface area contributed by atoms with E-state index in [-0.39, 0.29) is 17.7 Å². The summed E-state index contributed by atoms with van der Waals surface area (Å²) in [5.41, 5.74) is 8.86. The molecule has 0 radical (unpaired) electrons. The molecule has 0 saturated carbocycles. The number of piperidine rings is 1. The van der Waals surface area contributed by atoms with Crippen LogP contribution in [-0.2, 0) is 9.59 Å². The molecule has 3 rings (SSSR count). The van der Waals surface area contributed by atoms with Gasteiger partial charge in [-0.3, -0.25) is 14.2 Å². The van der Waals surface area contributed by atoms with Gasteiger partial charge in [-0.25, -0.2) is 4.98 Å². The standard InChI is InChI=1S/C19H24N4O2S/c1-13-4-3-5-16(14(13)2)23-11-8-21-19(23)26-12-17(24)22-9-6-15(7-10-22)18(20)25/h3-5,8,11,15H,6-7,9-10,12H2,1-2H3,(H2,20,25). The third-order valence-electron chi connectivity index (χ3n) is 5.02. The molecule has 2 amide bonds. The zero-order valence-electron chi connectivity index (χ0n) is 15.1. The van der Waals surface area contributed by atoms with Crippen molar-refractivity contribution in [2.75, 3.05) is 18.8 Å². The highest BCUT2D eigenvalue weighted by molar-refractivity contribution is 7.99. The molecule has 1 saturated heterocycles. The topological polar surface area (TPSA) is 81.2 Å². The fourth-order valence-electron chi connectivity index (χ4n) is 3.21. The molecule has 26 heavy (non-hydrogen) atoms. The Morgan fingerprint density at radius 3 is 2.69 bits per heavy atom. The van der Waals surface area contributed by atoms with Crippen LogP contribution in [0.2, 0.25) is 0 Å². The summed E-state index contributed by atoms with van der Waals surface area (Å²) in [7, 11) is 0. The number of benzene rings is 1. The summed E-state index contributed by atoms with van der Waals surface area (Å²) in [5, 5.41) is 0.805. The van der Waals surface area contributed by atoms with Gasteiger partial charge in [-0.15, -0.1) is 0 Å². The van der Waals surface area contributed by atoms with Gasteiger partial charge in [-0.2, -0.15) is 0 Å². The van der Waals surface area contributed by atoms with E-state index >= 15 is 0 Å². The highest BCUT2D eigenvalue weighted by Gasteiger charge is 2.26. The van der Waals surface area contributed by atoms with Crippen LogP contribution in [0.15, 0.2) is 35.7 Å². The molecule has 0 atom stereocenters. The van der Waals surface area contributed by atoms with Crippen molar-refractivity contribution >= 4 is 23.6 Å². The largest absolute Gasteiger partial charge is 0.369 e. The highest BCUT2D eigenvalue weighted by atomic mass is 32.2. The monoisotopic (exact) mass is 372 g/mol. The summed E-state index contributed by atoms with van der Waals surface area (Å²) in [5.74, 6) is 0.0497. The second-order valence-corrected chi connectivity index (χ2v) is 7.59. The molecule has 1 aromatic carbocycles. The number of amides is 2. The number of carbonyl (C=O) groups excluding carboxylic acids is 2. The fourth-order valence-corrected chi connectivity index (χ4v) is 4.08. The van der Waals surface area contributed by atoms with Crippen molar-refractivity contribution < 1.29 is 9.59 Å². The number of aromatic nitrogens is 2. The molecular formula is C19H24N4O2S. The van der Waals surface area contributed by atoms with E-state index in [2.05, 4.69) is 31.0 Å². The van der Waals surface area contributed by atoms with E-state index in [1.165, 1.54) is 22.9 Å². The van der Waals surface area contributed by atoms with Crippen molar-refractivity contribution in [1.29, 1.82) is 0 Å². The summed E-state index contributed by atoms with van der Waals surface area (Å²) in [6.07, 6.45) is 4.99. The molecule has 1 fully saturated rings. The maximum Gasteiger partial charge on any atom is 0.233 e. The first-order chi connectivity index (χ1) is 12.5. The molecular weight excluding hydrogens is 348 g/mol. The van der Waals surface area contributed by atoms with Crippen LogP contribution in [0, 0.1) is 19.8 Å². The Morgan fingerprint density at radius 1 is 1.27 bits per heavy atom. The maximum atomic E-state index is 12.5. The van der Waals surface area contributed by atoms with E-state index in [4.69, 9.17) is 5.73 Å². The Balaban J connectivity index is 1.63. The molecule has 1 aliphatic rings. The Labute approximate surface area is 157 Å². The predicted molar refractivity (Wildman–Crippen MR) is 102 cm³/mol. The van der Waals surface area contributed by atoms with Crippen LogP contribution in [0.3, 0.4) is 0 Å². The first kappa shape index (κ1) is 18.5. The Bertz CT molecular complexity index is 810. The van der Waals surface area contributed by atoms with Gasteiger partial charge in [-0.1, -0.05) is 23.9 Å². The molecule has 0 bridgehead atoms. The van der Waals surface area contributed by atoms with Crippen LogP contribution in [0.5, 0.6) is 0 Å². The number of hydrogen-bond acceptors (Lipinski definition) is 4. The number of rotatable bonds is 5. The molecule has 1 aromatic heterocycles. The van der Waals surface area contributed by atoms with Gasteiger partial charge in [0.25, 0.3) is 0 Å². The summed E-state index contributed by atoms with van der Waals surface area (Å²) in [6, 6.07) is 6.17. The molecule has 0 unspecified atom stereocenters. The minimum atomic E-state index is -0.262. The van der Waals surface area contributed by atoms with Gasteiger partial charge in [0, 0.05) is 31.4 Å². The minimum Gasteiger partial charge on any atom is -0.369 e. The van der Waals surface area contributed by atoms with Crippen LogP contribution < -0.4 is 5.73 Å². The lowest BCUT2D eigenvalue weighted by Crippen LogP contribution is -2.42. The van der Waals surface area contributed by atoms with Crippen molar-refractivity contribution in [3.8, 4) is 5.69 Å². The molecule has 0 spiro atoms. The van der Waals surface area contributed by atoms with Crippen molar-refractivity contribution in [2.24, 2.45) is 11.7 Å². The average Bonchev–Trinajstić information content (AvgIpc) is 3.10. The average molecular weight is 372 g/mol. The fraction of sp³-hybridized carbons (Fsp3) is 0.421. The van der Waals surface area contributed by atoms with E-state index in [0.29, 0.717) is 31.7 Å². The second-order valence-electron chi connectivity index (χ2n) is 6.64. The zero-order chi connectivity index (χ0) is 18.7. The SMILES string of the molecule is Cc1cccc(-n2ccnc2SCC(=O)N2CCC(C(N)=O)CC2)c1C. The lowest BCUT2D eigenvalue weighted by molar-refractivity contribution is -0.132. The van der Waals surface area contributed by atoms with Gasteiger partial charge in [0.1, 0.15) is 0 Å². The highest BCUT2D eigenvalue weighted by Crippen LogP contribution is 2.25. The normalized spacial score (nSPS) is 15.2. The number of aryl methyl sites for hydroxylation is 1. The Kier molecular flexibility index (Phi) is 5.66.